The highest BCUT2D eigenvalue weighted by molar-refractivity contribution is 6.36. The molecular weight excluding hydrogens is 293 g/mol. The molecule has 0 aliphatic heterocycles. The molecule has 5 heteroatoms. The van der Waals surface area contributed by atoms with Crippen molar-refractivity contribution < 1.29 is 0 Å². The number of rotatable bonds is 4. The van der Waals surface area contributed by atoms with E-state index in [2.05, 4.69) is 31.2 Å². The first-order chi connectivity index (χ1) is 9.41. The third kappa shape index (κ3) is 2.94. The van der Waals surface area contributed by atoms with Crippen molar-refractivity contribution in [2.24, 2.45) is 0 Å². The van der Waals surface area contributed by atoms with Gasteiger partial charge in [-0.1, -0.05) is 29.3 Å². The highest BCUT2D eigenvalue weighted by Crippen LogP contribution is 2.27. The molecule has 1 aromatic heterocycles. The van der Waals surface area contributed by atoms with Crippen LogP contribution in [-0.2, 0) is 6.54 Å². The molecular formula is C15H19Cl2N3. The molecule has 0 unspecified atom stereocenters. The van der Waals surface area contributed by atoms with Gasteiger partial charge in [0.25, 0.3) is 0 Å². The number of aromatic nitrogens is 2. The summed E-state index contributed by atoms with van der Waals surface area (Å²) in [6.45, 7) is 8.89. The first-order valence-electron chi connectivity index (χ1n) is 6.64. The molecule has 0 fully saturated rings. The molecule has 3 nitrogen and oxygen atoms in total. The molecule has 0 saturated heterocycles. The number of hydrogen-bond acceptors (Lipinski definition) is 2. The minimum absolute atomic E-state index is 0.341. The van der Waals surface area contributed by atoms with Gasteiger partial charge in [-0.25, -0.2) is 0 Å². The smallest absolute Gasteiger partial charge is 0.0828 e. The normalized spacial score (nSPS) is 11.2. The summed E-state index contributed by atoms with van der Waals surface area (Å²) in [6, 6.07) is 5.89. The van der Waals surface area contributed by atoms with Crippen molar-refractivity contribution in [2.45, 2.75) is 40.3 Å². The number of aryl methyl sites for hydroxylation is 1. The lowest BCUT2D eigenvalue weighted by Crippen LogP contribution is -2.06. The summed E-state index contributed by atoms with van der Waals surface area (Å²) in [5.74, 6) is 0. The van der Waals surface area contributed by atoms with E-state index in [9.17, 15) is 0 Å². The highest BCUT2D eigenvalue weighted by atomic mass is 35.5. The molecule has 1 heterocycles. The maximum Gasteiger partial charge on any atom is 0.0828 e. The van der Waals surface area contributed by atoms with Crippen LogP contribution in [0, 0.1) is 13.8 Å². The van der Waals surface area contributed by atoms with Crippen LogP contribution in [0.15, 0.2) is 18.2 Å². The first kappa shape index (κ1) is 15.2. The van der Waals surface area contributed by atoms with Crippen molar-refractivity contribution in [2.75, 3.05) is 5.32 Å². The van der Waals surface area contributed by atoms with Gasteiger partial charge in [-0.05, 0) is 39.8 Å². The minimum Gasteiger partial charge on any atom is -0.378 e. The summed E-state index contributed by atoms with van der Waals surface area (Å²) in [7, 11) is 0. The molecule has 0 atom stereocenters. The zero-order chi connectivity index (χ0) is 14.9. The molecule has 0 aliphatic carbocycles. The average molecular weight is 312 g/mol. The second-order valence-electron chi connectivity index (χ2n) is 5.14. The van der Waals surface area contributed by atoms with Crippen LogP contribution in [0.25, 0.3) is 0 Å². The van der Waals surface area contributed by atoms with Crippen LogP contribution >= 0.6 is 23.2 Å². The third-order valence-corrected chi connectivity index (χ3v) is 4.03. The Labute approximate surface area is 129 Å². The van der Waals surface area contributed by atoms with E-state index in [4.69, 9.17) is 23.2 Å². The summed E-state index contributed by atoms with van der Waals surface area (Å²) in [4.78, 5) is 0. The van der Waals surface area contributed by atoms with Crippen molar-refractivity contribution in [3.05, 3.63) is 45.2 Å². The highest BCUT2D eigenvalue weighted by Gasteiger charge is 2.14. The van der Waals surface area contributed by atoms with Crippen LogP contribution in [0.5, 0.6) is 0 Å². The largest absolute Gasteiger partial charge is 0.378 e. The molecule has 0 spiro atoms. The van der Waals surface area contributed by atoms with Gasteiger partial charge in [0.15, 0.2) is 0 Å². The summed E-state index contributed by atoms with van der Waals surface area (Å²) in [5, 5.41) is 9.31. The van der Waals surface area contributed by atoms with Crippen molar-refractivity contribution in [3.8, 4) is 0 Å². The minimum atomic E-state index is 0.341. The van der Waals surface area contributed by atoms with Crippen molar-refractivity contribution in [1.82, 2.24) is 9.78 Å². The zero-order valence-corrected chi connectivity index (χ0v) is 13.7. The van der Waals surface area contributed by atoms with Crippen LogP contribution in [0.1, 0.15) is 36.8 Å². The fraction of sp³-hybridized carbons (Fsp3) is 0.400. The lowest BCUT2D eigenvalue weighted by atomic mass is 10.2. The Bertz CT molecular complexity index is 598. The van der Waals surface area contributed by atoms with Gasteiger partial charge in [-0.2, -0.15) is 5.10 Å². The molecule has 2 rings (SSSR count). The molecule has 0 aliphatic rings. The van der Waals surface area contributed by atoms with Crippen LogP contribution in [0.2, 0.25) is 10.0 Å². The number of nitrogens with zero attached hydrogens (tertiary/aromatic N) is 2. The summed E-state index contributed by atoms with van der Waals surface area (Å²) in [5.41, 5.74) is 4.07. The Hall–Kier alpha value is -1.19. The van der Waals surface area contributed by atoms with E-state index in [1.807, 2.05) is 29.8 Å². The monoisotopic (exact) mass is 311 g/mol. The van der Waals surface area contributed by atoms with Crippen molar-refractivity contribution in [3.63, 3.8) is 0 Å². The summed E-state index contributed by atoms with van der Waals surface area (Å²) in [6.07, 6.45) is 0. The second kappa shape index (κ2) is 6.06. The average Bonchev–Trinajstić information content (AvgIpc) is 2.65. The van der Waals surface area contributed by atoms with E-state index in [1.54, 1.807) is 0 Å². The van der Waals surface area contributed by atoms with E-state index in [1.165, 1.54) is 0 Å². The third-order valence-electron chi connectivity index (χ3n) is 3.32. The molecule has 20 heavy (non-hydrogen) atoms. The fourth-order valence-electron chi connectivity index (χ4n) is 2.30. The summed E-state index contributed by atoms with van der Waals surface area (Å²) < 4.78 is 2.02. The molecule has 1 aromatic carbocycles. The van der Waals surface area contributed by atoms with E-state index in [0.717, 1.165) is 22.6 Å². The van der Waals surface area contributed by atoms with Gasteiger partial charge in [-0.3, -0.25) is 4.68 Å². The number of anilines is 1. The lowest BCUT2D eigenvalue weighted by Gasteiger charge is -2.11. The maximum atomic E-state index is 6.19. The molecule has 0 bridgehead atoms. The topological polar surface area (TPSA) is 29.9 Å². The van der Waals surface area contributed by atoms with E-state index < -0.39 is 0 Å². The van der Waals surface area contributed by atoms with Gasteiger partial charge in [-0.15, -0.1) is 0 Å². The maximum absolute atomic E-state index is 6.19. The fourth-order valence-corrected chi connectivity index (χ4v) is 2.83. The SMILES string of the molecule is Cc1nn(C(C)C)c(C)c1NCc1c(Cl)cccc1Cl. The molecule has 2 aromatic rings. The van der Waals surface area contributed by atoms with Gasteiger partial charge < -0.3 is 5.32 Å². The summed E-state index contributed by atoms with van der Waals surface area (Å²) >= 11 is 12.4. The first-order valence-corrected chi connectivity index (χ1v) is 7.40. The zero-order valence-electron chi connectivity index (χ0n) is 12.2. The number of benzene rings is 1. The van der Waals surface area contributed by atoms with Gasteiger partial charge in [0.2, 0.25) is 0 Å². The lowest BCUT2D eigenvalue weighted by molar-refractivity contribution is 0.516. The Morgan fingerprint density at radius 2 is 1.80 bits per heavy atom. The van der Waals surface area contributed by atoms with Gasteiger partial charge in [0.05, 0.1) is 17.1 Å². The van der Waals surface area contributed by atoms with Gasteiger partial charge in [0.1, 0.15) is 0 Å². The number of hydrogen-bond donors (Lipinski definition) is 1. The quantitative estimate of drug-likeness (QED) is 0.861. The van der Waals surface area contributed by atoms with Crippen LogP contribution in [0.3, 0.4) is 0 Å². The molecule has 108 valence electrons. The molecule has 1 N–H and O–H groups in total. The van der Waals surface area contributed by atoms with Crippen LogP contribution in [0.4, 0.5) is 5.69 Å². The van der Waals surface area contributed by atoms with E-state index in [-0.39, 0.29) is 0 Å². The van der Waals surface area contributed by atoms with Gasteiger partial charge in [0, 0.05) is 28.2 Å². The van der Waals surface area contributed by atoms with E-state index >= 15 is 0 Å². The number of nitrogens with one attached hydrogen (secondary N) is 1. The predicted octanol–water partition coefficient (Wildman–Crippen LogP) is 5.00. The Morgan fingerprint density at radius 1 is 1.20 bits per heavy atom. The van der Waals surface area contributed by atoms with E-state index in [0.29, 0.717) is 22.6 Å². The Balaban J connectivity index is 2.24. The molecule has 0 amide bonds. The Kier molecular flexibility index (Phi) is 4.61. The van der Waals surface area contributed by atoms with Crippen LogP contribution < -0.4 is 5.32 Å². The van der Waals surface area contributed by atoms with Gasteiger partial charge >= 0.3 is 0 Å². The standard InChI is InChI=1S/C15H19Cl2N3/c1-9(2)20-11(4)15(10(3)19-20)18-8-12-13(16)6-5-7-14(12)17/h5-7,9,18H,8H2,1-4H3. The van der Waals surface area contributed by atoms with Crippen LogP contribution in [-0.4, -0.2) is 9.78 Å². The van der Waals surface area contributed by atoms with Crippen molar-refractivity contribution in [1.29, 1.82) is 0 Å². The second-order valence-corrected chi connectivity index (χ2v) is 5.95. The molecule has 0 radical (unpaired) electrons. The number of halogens is 2. The molecule has 0 saturated carbocycles. The Morgan fingerprint density at radius 3 is 2.30 bits per heavy atom. The van der Waals surface area contributed by atoms with Crippen molar-refractivity contribution >= 4 is 28.9 Å². The predicted molar refractivity (Wildman–Crippen MR) is 85.9 cm³/mol.